The van der Waals surface area contributed by atoms with Crippen molar-refractivity contribution in [3.8, 4) is 5.75 Å². The number of nitrogens with zero attached hydrogens (tertiary/aromatic N) is 2. The Balaban J connectivity index is 1.52. The molecule has 1 N–H and O–H groups in total. The number of carbonyl (C=O) groups excluding carboxylic acids is 1. The molecule has 0 bridgehead atoms. The fourth-order valence-electron chi connectivity index (χ4n) is 5.35. The highest BCUT2D eigenvalue weighted by molar-refractivity contribution is 6.08. The first kappa shape index (κ1) is 20.8. The van der Waals surface area contributed by atoms with Crippen molar-refractivity contribution in [1.82, 2.24) is 10.3 Å². The molecule has 5 nitrogen and oxygen atoms in total. The van der Waals surface area contributed by atoms with Crippen molar-refractivity contribution in [3.63, 3.8) is 0 Å². The molecular formula is C27H31N3O2. The van der Waals surface area contributed by atoms with Crippen molar-refractivity contribution in [2.24, 2.45) is 0 Å². The molecule has 5 heteroatoms. The van der Waals surface area contributed by atoms with Crippen LogP contribution in [0.15, 0.2) is 48.7 Å². The van der Waals surface area contributed by atoms with Gasteiger partial charge in [-0.1, -0.05) is 55.7 Å². The molecule has 1 amide bonds. The summed E-state index contributed by atoms with van der Waals surface area (Å²) in [5.74, 6) is 1.33. The minimum absolute atomic E-state index is 0.0632. The normalized spacial score (nSPS) is 18.6. The van der Waals surface area contributed by atoms with Gasteiger partial charge in [0.1, 0.15) is 5.75 Å². The molecule has 2 heterocycles. The number of nitrogens with one attached hydrogen (secondary N) is 1. The Morgan fingerprint density at radius 3 is 2.59 bits per heavy atom. The van der Waals surface area contributed by atoms with Gasteiger partial charge in [-0.15, -0.1) is 0 Å². The highest BCUT2D eigenvalue weighted by atomic mass is 16.5. The second kappa shape index (κ2) is 8.81. The van der Waals surface area contributed by atoms with E-state index in [0.717, 1.165) is 34.3 Å². The minimum Gasteiger partial charge on any atom is -0.493 e. The van der Waals surface area contributed by atoms with Crippen LogP contribution < -0.4 is 15.0 Å². The number of hydrogen-bond donors (Lipinski definition) is 1. The Hall–Kier alpha value is -3.08. The van der Waals surface area contributed by atoms with Crippen molar-refractivity contribution in [2.75, 3.05) is 25.6 Å². The molecule has 1 aromatic heterocycles. The zero-order valence-corrected chi connectivity index (χ0v) is 18.9. The number of rotatable bonds is 4. The van der Waals surface area contributed by atoms with E-state index in [9.17, 15) is 4.79 Å². The van der Waals surface area contributed by atoms with E-state index in [4.69, 9.17) is 9.72 Å². The van der Waals surface area contributed by atoms with Crippen LogP contribution in [0.2, 0.25) is 0 Å². The molecule has 2 aromatic carbocycles. The topological polar surface area (TPSA) is 54.5 Å². The van der Waals surface area contributed by atoms with Crippen LogP contribution in [0, 0.1) is 0 Å². The van der Waals surface area contributed by atoms with Crippen LogP contribution in [-0.4, -0.2) is 31.6 Å². The van der Waals surface area contributed by atoms with Crippen LogP contribution in [0.1, 0.15) is 72.0 Å². The van der Waals surface area contributed by atoms with Gasteiger partial charge in [-0.25, -0.2) is 0 Å². The fourth-order valence-corrected chi connectivity index (χ4v) is 5.35. The molecule has 1 aliphatic heterocycles. The summed E-state index contributed by atoms with van der Waals surface area (Å²) >= 11 is 0. The molecular weight excluding hydrogens is 398 g/mol. The van der Waals surface area contributed by atoms with Gasteiger partial charge in [-0.2, -0.15) is 0 Å². The van der Waals surface area contributed by atoms with Crippen molar-refractivity contribution in [2.45, 2.75) is 50.5 Å². The summed E-state index contributed by atoms with van der Waals surface area (Å²) in [4.78, 5) is 20.3. The van der Waals surface area contributed by atoms with Gasteiger partial charge in [0.2, 0.25) is 0 Å². The lowest BCUT2D eigenvalue weighted by Crippen LogP contribution is -2.33. The number of hydrogen-bond acceptors (Lipinski definition) is 4. The number of aromatic nitrogens is 1. The van der Waals surface area contributed by atoms with Gasteiger partial charge in [0.15, 0.2) is 0 Å². The fraction of sp³-hybridized carbons (Fsp3) is 0.407. The third-order valence-electron chi connectivity index (χ3n) is 6.90. The van der Waals surface area contributed by atoms with E-state index in [1.54, 1.807) is 6.20 Å². The lowest BCUT2D eigenvalue weighted by molar-refractivity contribution is 0.0925. The van der Waals surface area contributed by atoms with E-state index in [1.165, 1.54) is 37.7 Å². The van der Waals surface area contributed by atoms with Crippen LogP contribution in [0.3, 0.4) is 0 Å². The van der Waals surface area contributed by atoms with E-state index >= 15 is 0 Å². The van der Waals surface area contributed by atoms with Gasteiger partial charge in [-0.3, -0.25) is 9.78 Å². The van der Waals surface area contributed by atoms with Crippen LogP contribution in [0.4, 0.5) is 5.69 Å². The van der Waals surface area contributed by atoms with Crippen LogP contribution in [0.25, 0.3) is 10.9 Å². The molecule has 0 saturated heterocycles. The average Bonchev–Trinajstić information content (AvgIpc) is 2.83. The summed E-state index contributed by atoms with van der Waals surface area (Å²) < 4.78 is 5.76. The molecule has 166 valence electrons. The number of para-hydroxylation sites is 2. The number of carbonyl (C=O) groups is 1. The molecule has 0 unspecified atom stereocenters. The third kappa shape index (κ3) is 3.81. The molecule has 0 spiro atoms. The first-order valence-electron chi connectivity index (χ1n) is 11.7. The summed E-state index contributed by atoms with van der Waals surface area (Å²) in [7, 11) is 4.01. The smallest absolute Gasteiger partial charge is 0.255 e. The second-order valence-electron chi connectivity index (χ2n) is 9.19. The monoisotopic (exact) mass is 429 g/mol. The van der Waals surface area contributed by atoms with E-state index in [-0.39, 0.29) is 11.9 Å². The Bertz CT molecular complexity index is 1130. The first-order valence-corrected chi connectivity index (χ1v) is 11.7. The molecule has 1 aliphatic carbocycles. The minimum atomic E-state index is -0.0899. The number of fused-ring (bicyclic) bond motifs is 2. The maximum absolute atomic E-state index is 13.5. The van der Waals surface area contributed by atoms with Gasteiger partial charge in [0.05, 0.1) is 29.4 Å². The lowest BCUT2D eigenvalue weighted by Gasteiger charge is -2.28. The zero-order valence-electron chi connectivity index (χ0n) is 18.9. The van der Waals surface area contributed by atoms with E-state index in [2.05, 4.69) is 23.5 Å². The van der Waals surface area contributed by atoms with E-state index in [1.807, 2.05) is 43.3 Å². The van der Waals surface area contributed by atoms with Gasteiger partial charge in [0, 0.05) is 37.7 Å². The Morgan fingerprint density at radius 2 is 1.78 bits per heavy atom. The molecule has 1 atom stereocenters. The van der Waals surface area contributed by atoms with Gasteiger partial charge >= 0.3 is 0 Å². The first-order chi connectivity index (χ1) is 15.6. The summed E-state index contributed by atoms with van der Waals surface area (Å²) in [6.07, 6.45) is 8.88. The lowest BCUT2D eigenvalue weighted by atomic mass is 9.83. The van der Waals surface area contributed by atoms with Crippen molar-refractivity contribution in [3.05, 3.63) is 65.4 Å². The predicted octanol–water partition coefficient (Wildman–Crippen LogP) is 5.60. The second-order valence-corrected chi connectivity index (χ2v) is 9.19. The standard InChI is InChI=1S/C27H31N3O2/c1-30(2)26-21-13-8-12-19(18-9-4-3-5-10-18)25(21)28-17-22(26)27(31)29-23-15-16-32-24-14-7-6-11-20(23)24/h6-8,11-14,17-18,23H,3-5,9-10,15-16H2,1-2H3,(H,29,31)/t23-/m0/s1. The molecule has 1 fully saturated rings. The Kier molecular flexibility index (Phi) is 5.73. The molecule has 1 saturated carbocycles. The van der Waals surface area contributed by atoms with Gasteiger partial charge in [0.25, 0.3) is 5.91 Å². The largest absolute Gasteiger partial charge is 0.493 e. The molecule has 3 aromatic rings. The maximum Gasteiger partial charge on any atom is 0.255 e. The zero-order chi connectivity index (χ0) is 22.1. The molecule has 32 heavy (non-hydrogen) atoms. The number of amides is 1. The summed E-state index contributed by atoms with van der Waals surface area (Å²) in [6.45, 7) is 0.600. The van der Waals surface area contributed by atoms with Crippen molar-refractivity contribution in [1.29, 1.82) is 0 Å². The number of benzene rings is 2. The van der Waals surface area contributed by atoms with E-state index in [0.29, 0.717) is 18.1 Å². The van der Waals surface area contributed by atoms with Crippen molar-refractivity contribution < 1.29 is 9.53 Å². The van der Waals surface area contributed by atoms with Gasteiger partial charge < -0.3 is 15.0 Å². The highest BCUT2D eigenvalue weighted by Crippen LogP contribution is 2.39. The SMILES string of the molecule is CN(C)c1c(C(=O)N[C@H]2CCOc3ccccc32)cnc2c(C3CCCCC3)cccc12. The molecule has 0 radical (unpaired) electrons. The quantitative estimate of drug-likeness (QED) is 0.586. The number of pyridine rings is 1. The Labute approximate surface area is 189 Å². The summed E-state index contributed by atoms with van der Waals surface area (Å²) in [6, 6.07) is 14.3. The summed E-state index contributed by atoms with van der Waals surface area (Å²) in [5, 5.41) is 4.30. The van der Waals surface area contributed by atoms with Gasteiger partial charge in [-0.05, 0) is 30.4 Å². The maximum atomic E-state index is 13.5. The van der Waals surface area contributed by atoms with Crippen LogP contribution >= 0.6 is 0 Å². The van der Waals surface area contributed by atoms with Crippen molar-refractivity contribution >= 4 is 22.5 Å². The predicted molar refractivity (Wildman–Crippen MR) is 129 cm³/mol. The average molecular weight is 430 g/mol. The highest BCUT2D eigenvalue weighted by Gasteiger charge is 2.26. The van der Waals surface area contributed by atoms with E-state index < -0.39 is 0 Å². The summed E-state index contributed by atoms with van der Waals surface area (Å²) in [5.41, 5.74) is 4.95. The third-order valence-corrected chi connectivity index (χ3v) is 6.90. The van der Waals surface area contributed by atoms with Crippen LogP contribution in [0.5, 0.6) is 5.75 Å². The Morgan fingerprint density at radius 1 is 1.00 bits per heavy atom. The molecule has 2 aliphatic rings. The number of anilines is 1. The number of ether oxygens (including phenoxy) is 1. The van der Waals surface area contributed by atoms with Crippen LogP contribution in [-0.2, 0) is 0 Å². The molecule has 5 rings (SSSR count).